The van der Waals surface area contributed by atoms with Gasteiger partial charge < -0.3 is 29.1 Å². The highest BCUT2D eigenvalue weighted by Crippen LogP contribution is 2.40. The van der Waals surface area contributed by atoms with E-state index in [9.17, 15) is 14.4 Å². The van der Waals surface area contributed by atoms with Gasteiger partial charge >= 0.3 is 0 Å². The predicted molar refractivity (Wildman–Crippen MR) is 150 cm³/mol. The number of likely N-dealkylation sites (tertiary alicyclic amines) is 2. The fraction of sp³-hybridized carbons (Fsp3) is 0.667. The molecular formula is C30H41N5O6. The molecule has 2 atom stereocenters. The van der Waals surface area contributed by atoms with E-state index in [1.807, 2.05) is 17.0 Å². The summed E-state index contributed by atoms with van der Waals surface area (Å²) < 4.78 is 16.8. The molecule has 4 fully saturated rings. The molecule has 2 aromatic heterocycles. The monoisotopic (exact) mass is 567 g/mol. The lowest BCUT2D eigenvalue weighted by Crippen LogP contribution is -2.33. The maximum Gasteiger partial charge on any atom is 0.283 e. The summed E-state index contributed by atoms with van der Waals surface area (Å²) in [5.41, 5.74) is 2.06. The molecule has 11 nitrogen and oxygen atoms in total. The van der Waals surface area contributed by atoms with Gasteiger partial charge in [-0.3, -0.25) is 14.4 Å². The Balaban J connectivity index is 1.04. The van der Waals surface area contributed by atoms with Gasteiger partial charge in [0.2, 0.25) is 12.3 Å². The van der Waals surface area contributed by atoms with Crippen molar-refractivity contribution in [1.82, 2.24) is 25.3 Å². The molecule has 222 valence electrons. The van der Waals surface area contributed by atoms with Crippen LogP contribution in [0.3, 0.4) is 0 Å². The number of carbonyl (C=O) groups is 2. The van der Waals surface area contributed by atoms with Crippen molar-refractivity contribution in [3.05, 3.63) is 45.1 Å². The van der Waals surface area contributed by atoms with Crippen LogP contribution in [0, 0.1) is 17.8 Å². The Labute approximate surface area is 239 Å². The zero-order valence-electron chi connectivity index (χ0n) is 23.6. The van der Waals surface area contributed by atoms with Crippen molar-refractivity contribution in [1.29, 1.82) is 0 Å². The number of pyridine rings is 1. The highest BCUT2D eigenvalue weighted by atomic mass is 16.5. The lowest BCUT2D eigenvalue weighted by molar-refractivity contribution is -0.109. The number of aromatic nitrogens is 2. The maximum absolute atomic E-state index is 13.7. The number of rotatable bonds is 11. The number of H-pyrrole nitrogens is 1. The highest BCUT2D eigenvalue weighted by molar-refractivity contribution is 5.94. The molecule has 6 rings (SSSR count). The maximum atomic E-state index is 13.7. The minimum Gasteiger partial charge on any atom is -0.477 e. The van der Waals surface area contributed by atoms with E-state index in [4.69, 9.17) is 19.0 Å². The van der Waals surface area contributed by atoms with E-state index in [2.05, 4.69) is 15.4 Å². The van der Waals surface area contributed by atoms with Gasteiger partial charge in [-0.05, 0) is 68.8 Å². The molecule has 2 amide bonds. The Hall–Kier alpha value is -3.18. The van der Waals surface area contributed by atoms with Gasteiger partial charge in [0.15, 0.2) is 5.76 Å². The molecule has 2 unspecified atom stereocenters. The third-order valence-electron chi connectivity index (χ3n) is 9.25. The third kappa shape index (κ3) is 6.83. The van der Waals surface area contributed by atoms with Crippen molar-refractivity contribution in [2.75, 3.05) is 52.5 Å². The van der Waals surface area contributed by atoms with Gasteiger partial charge in [-0.15, -0.1) is 0 Å². The summed E-state index contributed by atoms with van der Waals surface area (Å²) in [6.07, 6.45) is 7.38. The first-order valence-electron chi connectivity index (χ1n) is 15.2. The second kappa shape index (κ2) is 12.8. The molecular weight excluding hydrogens is 526 g/mol. The molecule has 1 aliphatic carbocycles. The zero-order valence-corrected chi connectivity index (χ0v) is 23.6. The first-order valence-corrected chi connectivity index (χ1v) is 15.2. The van der Waals surface area contributed by atoms with E-state index in [0.29, 0.717) is 65.9 Å². The second-order valence-corrected chi connectivity index (χ2v) is 12.1. The van der Waals surface area contributed by atoms with Crippen LogP contribution >= 0.6 is 0 Å². The molecule has 0 spiro atoms. The number of amides is 2. The number of ether oxygens (including phenoxy) is 2. The smallest absolute Gasteiger partial charge is 0.283 e. The van der Waals surface area contributed by atoms with Crippen LogP contribution in [-0.4, -0.2) is 84.8 Å². The molecule has 0 bridgehead atoms. The summed E-state index contributed by atoms with van der Waals surface area (Å²) >= 11 is 0. The van der Waals surface area contributed by atoms with Crippen LogP contribution < -0.4 is 15.6 Å². The normalized spacial score (nSPS) is 23.7. The minimum atomic E-state index is -0.228. The van der Waals surface area contributed by atoms with Crippen LogP contribution in [0.1, 0.15) is 71.8 Å². The lowest BCUT2D eigenvalue weighted by Gasteiger charge is -2.24. The molecule has 5 heterocycles. The fourth-order valence-corrected chi connectivity index (χ4v) is 6.60. The fourth-order valence-electron chi connectivity index (χ4n) is 6.60. The topological polar surface area (TPSA) is 130 Å². The third-order valence-corrected chi connectivity index (χ3v) is 9.25. The molecule has 11 heteroatoms. The number of fused-ring (bicyclic) bond motifs is 1. The molecule has 0 aromatic carbocycles. The van der Waals surface area contributed by atoms with E-state index in [0.717, 1.165) is 90.2 Å². The quantitative estimate of drug-likeness (QED) is 0.396. The van der Waals surface area contributed by atoms with Crippen molar-refractivity contribution in [2.45, 2.75) is 57.4 Å². The van der Waals surface area contributed by atoms with E-state index < -0.39 is 0 Å². The van der Waals surface area contributed by atoms with Crippen molar-refractivity contribution >= 4 is 12.3 Å². The molecule has 1 saturated carbocycles. The van der Waals surface area contributed by atoms with Crippen LogP contribution in [0.2, 0.25) is 0 Å². The lowest BCUT2D eigenvalue weighted by atomic mass is 9.92. The highest BCUT2D eigenvalue weighted by Gasteiger charge is 2.36. The van der Waals surface area contributed by atoms with Crippen LogP contribution in [0.4, 0.5) is 0 Å². The number of aromatic amines is 1. The first kappa shape index (κ1) is 28.0. The van der Waals surface area contributed by atoms with Crippen molar-refractivity contribution < 1.29 is 23.6 Å². The number of nitrogens with zero attached hydrogens (tertiary/aromatic N) is 3. The summed E-state index contributed by atoms with van der Waals surface area (Å²) in [7, 11) is 0. The first-order chi connectivity index (χ1) is 20.1. The van der Waals surface area contributed by atoms with E-state index in [-0.39, 0.29) is 18.0 Å². The van der Waals surface area contributed by atoms with Gasteiger partial charge in [-0.2, -0.15) is 5.16 Å². The van der Waals surface area contributed by atoms with Gasteiger partial charge in [0.25, 0.3) is 11.5 Å². The molecule has 41 heavy (non-hydrogen) atoms. The zero-order chi connectivity index (χ0) is 28.2. The second-order valence-electron chi connectivity index (χ2n) is 12.1. The molecule has 0 radical (unpaired) electrons. The van der Waals surface area contributed by atoms with Crippen molar-refractivity contribution in [2.24, 2.45) is 17.8 Å². The number of hydrogen-bond acceptors (Lipinski definition) is 8. The molecule has 3 aliphatic heterocycles. The van der Waals surface area contributed by atoms with Crippen LogP contribution in [0.25, 0.3) is 0 Å². The van der Waals surface area contributed by atoms with Crippen molar-refractivity contribution in [3.63, 3.8) is 0 Å². The predicted octanol–water partition coefficient (Wildman–Crippen LogP) is 2.32. The number of hydrogen-bond donors (Lipinski definition) is 2. The van der Waals surface area contributed by atoms with E-state index in [1.54, 1.807) is 0 Å². The van der Waals surface area contributed by atoms with Crippen LogP contribution in [0.5, 0.6) is 5.88 Å². The average Bonchev–Trinajstić information content (AvgIpc) is 3.74. The van der Waals surface area contributed by atoms with E-state index >= 15 is 0 Å². The Bertz CT molecular complexity index is 1250. The van der Waals surface area contributed by atoms with Crippen molar-refractivity contribution in [3.8, 4) is 5.88 Å². The Morgan fingerprint density at radius 1 is 1.10 bits per heavy atom. The number of carbonyl (C=O) groups excluding carboxylic acids is 2. The van der Waals surface area contributed by atoms with E-state index in [1.165, 1.54) is 0 Å². The average molecular weight is 568 g/mol. The van der Waals surface area contributed by atoms with Crippen LogP contribution in [-0.2, 0) is 22.5 Å². The number of nitrogens with one attached hydrogen (secondary N) is 2. The van der Waals surface area contributed by atoms with Gasteiger partial charge in [-0.1, -0.05) is 0 Å². The minimum absolute atomic E-state index is 0.0812. The van der Waals surface area contributed by atoms with Gasteiger partial charge in [-0.25, -0.2) is 4.98 Å². The largest absolute Gasteiger partial charge is 0.477 e. The molecule has 2 N–H and O–H groups in total. The molecule has 4 aliphatic rings. The molecule has 3 saturated heterocycles. The van der Waals surface area contributed by atoms with Crippen LogP contribution in [0.15, 0.2) is 21.5 Å². The molecule has 2 aromatic rings. The summed E-state index contributed by atoms with van der Waals surface area (Å²) in [5, 5.41) is 4.95. The van der Waals surface area contributed by atoms with Gasteiger partial charge in [0, 0.05) is 69.2 Å². The standard InChI is InChI=1S/C30H41N5O6/c36-19-31-15-27-25(29(37)33-41-27)5-8-34-16-22-3-9-35(10-4-23(22)17-34)30(38)24-13-26(21-1-2-21)32-28(14-24)40-18-20-6-11-39-12-7-20/h13-14,19-23H,1-12,15-18H2,(H,31,36)(H,33,37). The summed E-state index contributed by atoms with van der Waals surface area (Å²) in [5.74, 6) is 3.13. The van der Waals surface area contributed by atoms with Gasteiger partial charge in [0.1, 0.15) is 0 Å². The SMILES string of the molecule is O=CNCc1o[nH]c(=O)c1CCN1CC2CCN(C(=O)c3cc(OCC4CCOCC4)nc(C4CC4)c3)CCC2C1. The summed E-state index contributed by atoms with van der Waals surface area (Å²) in [6, 6.07) is 3.84. The Morgan fingerprint density at radius 3 is 2.56 bits per heavy atom. The summed E-state index contributed by atoms with van der Waals surface area (Å²) in [6.45, 7) is 6.59. The summed E-state index contributed by atoms with van der Waals surface area (Å²) in [4.78, 5) is 45.7. The Kier molecular flexibility index (Phi) is 8.71. The van der Waals surface area contributed by atoms with Gasteiger partial charge in [0.05, 0.1) is 18.7 Å². The Morgan fingerprint density at radius 2 is 1.85 bits per heavy atom.